The Balaban J connectivity index is 1.73. The Bertz CT molecular complexity index is 798. The van der Waals surface area contributed by atoms with Crippen LogP contribution in [0.1, 0.15) is 19.8 Å². The summed E-state index contributed by atoms with van der Waals surface area (Å²) in [6.45, 7) is 3.73. The molecule has 1 aliphatic heterocycles. The van der Waals surface area contributed by atoms with Crippen LogP contribution >= 0.6 is 0 Å². The van der Waals surface area contributed by atoms with Gasteiger partial charge in [-0.15, -0.1) is 0 Å². The zero-order valence-corrected chi connectivity index (χ0v) is 14.6. The third kappa shape index (κ3) is 4.07. The van der Waals surface area contributed by atoms with Gasteiger partial charge < -0.3 is 9.64 Å². The molecule has 0 spiro atoms. The summed E-state index contributed by atoms with van der Waals surface area (Å²) in [6.07, 6.45) is 3.63. The topological polar surface area (TPSA) is 64.4 Å². The average Bonchev–Trinajstić information content (AvgIpc) is 2.63. The summed E-state index contributed by atoms with van der Waals surface area (Å²) >= 11 is 0. The first-order valence-electron chi connectivity index (χ1n) is 8.55. The summed E-state index contributed by atoms with van der Waals surface area (Å²) in [5.41, 5.74) is 1.20. The van der Waals surface area contributed by atoms with Crippen molar-refractivity contribution < 1.29 is 9.53 Å². The van der Waals surface area contributed by atoms with Crippen molar-refractivity contribution in [3.8, 4) is 17.0 Å². The molecule has 0 bridgehead atoms. The van der Waals surface area contributed by atoms with Crippen molar-refractivity contribution in [3.05, 3.63) is 47.0 Å². The van der Waals surface area contributed by atoms with Crippen LogP contribution in [0.2, 0.25) is 0 Å². The molecule has 0 aliphatic carbocycles. The number of piperidine rings is 1. The predicted octanol–water partition coefficient (Wildman–Crippen LogP) is 2.18. The maximum absolute atomic E-state index is 12.4. The van der Waals surface area contributed by atoms with E-state index in [0.29, 0.717) is 11.6 Å². The average molecular weight is 341 g/mol. The molecule has 0 radical (unpaired) electrons. The second-order valence-corrected chi connectivity index (χ2v) is 6.56. The lowest BCUT2D eigenvalue weighted by atomic mass is 10.0. The minimum absolute atomic E-state index is 0.0207. The van der Waals surface area contributed by atoms with Crippen LogP contribution < -0.4 is 10.3 Å². The molecular formula is C19H23N3O3. The first-order valence-corrected chi connectivity index (χ1v) is 8.55. The number of carbonyl (C=O) groups excluding carboxylic acids is 1. The quantitative estimate of drug-likeness (QED) is 0.855. The van der Waals surface area contributed by atoms with E-state index in [9.17, 15) is 9.59 Å². The normalized spacial score (nSPS) is 17.4. The monoisotopic (exact) mass is 341 g/mol. The molecule has 6 heteroatoms. The minimum atomic E-state index is -0.223. The molecule has 1 fully saturated rings. The van der Waals surface area contributed by atoms with Gasteiger partial charge in [0.25, 0.3) is 5.56 Å². The zero-order valence-electron chi connectivity index (χ0n) is 14.6. The van der Waals surface area contributed by atoms with Crippen LogP contribution in [-0.4, -0.2) is 40.6 Å². The Morgan fingerprint density at radius 3 is 2.72 bits per heavy atom. The fraction of sp³-hybridized carbons (Fsp3) is 0.421. The van der Waals surface area contributed by atoms with Gasteiger partial charge >= 0.3 is 0 Å². The molecule has 1 aromatic carbocycles. The summed E-state index contributed by atoms with van der Waals surface area (Å²) in [5.74, 6) is 1.25. The second-order valence-electron chi connectivity index (χ2n) is 6.56. The van der Waals surface area contributed by atoms with Gasteiger partial charge in [0.2, 0.25) is 5.91 Å². The highest BCUT2D eigenvalue weighted by Crippen LogP contribution is 2.19. The minimum Gasteiger partial charge on any atom is -0.497 e. The number of aromatic nitrogens is 2. The van der Waals surface area contributed by atoms with Crippen molar-refractivity contribution in [3.63, 3.8) is 0 Å². The summed E-state index contributed by atoms with van der Waals surface area (Å²) < 4.78 is 6.50. The van der Waals surface area contributed by atoms with Gasteiger partial charge in [0.15, 0.2) is 0 Å². The van der Waals surface area contributed by atoms with E-state index < -0.39 is 0 Å². The van der Waals surface area contributed by atoms with Crippen LogP contribution in [0.15, 0.2) is 41.5 Å². The largest absolute Gasteiger partial charge is 0.497 e. The molecule has 6 nitrogen and oxygen atoms in total. The third-order valence-corrected chi connectivity index (χ3v) is 4.58. The SMILES string of the molecule is COc1ccc(-c2cc(=O)n(CC(=O)N3CCC[C@@H](C)C3)cn2)cc1. The number of hydrogen-bond donors (Lipinski definition) is 0. The van der Waals surface area contributed by atoms with Gasteiger partial charge in [0.1, 0.15) is 12.3 Å². The lowest BCUT2D eigenvalue weighted by Gasteiger charge is -2.31. The second kappa shape index (κ2) is 7.51. The van der Waals surface area contributed by atoms with E-state index in [-0.39, 0.29) is 18.0 Å². The fourth-order valence-corrected chi connectivity index (χ4v) is 3.13. The van der Waals surface area contributed by atoms with Crippen molar-refractivity contribution in [2.24, 2.45) is 5.92 Å². The van der Waals surface area contributed by atoms with E-state index in [1.54, 1.807) is 7.11 Å². The number of amides is 1. The third-order valence-electron chi connectivity index (χ3n) is 4.58. The molecule has 1 saturated heterocycles. The Labute approximate surface area is 147 Å². The zero-order chi connectivity index (χ0) is 17.8. The Morgan fingerprint density at radius 2 is 2.08 bits per heavy atom. The van der Waals surface area contributed by atoms with E-state index in [4.69, 9.17) is 4.74 Å². The van der Waals surface area contributed by atoms with Gasteiger partial charge in [0, 0.05) is 24.7 Å². The number of hydrogen-bond acceptors (Lipinski definition) is 4. The van der Waals surface area contributed by atoms with Gasteiger partial charge in [0.05, 0.1) is 19.1 Å². The van der Waals surface area contributed by atoms with Gasteiger partial charge in [-0.3, -0.25) is 14.2 Å². The molecule has 2 heterocycles. The molecule has 1 aliphatic rings. The summed E-state index contributed by atoms with van der Waals surface area (Å²) in [7, 11) is 1.61. The highest BCUT2D eigenvalue weighted by atomic mass is 16.5. The first-order chi connectivity index (χ1) is 12.1. The summed E-state index contributed by atoms with van der Waals surface area (Å²) in [6, 6.07) is 8.82. The number of rotatable bonds is 4. The highest BCUT2D eigenvalue weighted by Gasteiger charge is 2.21. The molecule has 1 atom stereocenters. The van der Waals surface area contributed by atoms with Crippen LogP contribution in [0.25, 0.3) is 11.3 Å². The molecule has 0 saturated carbocycles. The van der Waals surface area contributed by atoms with E-state index >= 15 is 0 Å². The number of carbonyl (C=O) groups is 1. The molecule has 0 unspecified atom stereocenters. The first kappa shape index (κ1) is 17.2. The van der Waals surface area contributed by atoms with Crippen molar-refractivity contribution in [1.82, 2.24) is 14.5 Å². The number of ether oxygens (including phenoxy) is 1. The van der Waals surface area contributed by atoms with E-state index in [1.165, 1.54) is 17.0 Å². The molecule has 0 N–H and O–H groups in total. The van der Waals surface area contributed by atoms with Crippen LogP contribution in [-0.2, 0) is 11.3 Å². The van der Waals surface area contributed by atoms with Crippen molar-refractivity contribution >= 4 is 5.91 Å². The maximum Gasteiger partial charge on any atom is 0.254 e. The summed E-state index contributed by atoms with van der Waals surface area (Å²) in [5, 5.41) is 0. The molecule has 25 heavy (non-hydrogen) atoms. The van der Waals surface area contributed by atoms with Gasteiger partial charge in [-0.25, -0.2) is 4.98 Å². The van der Waals surface area contributed by atoms with Gasteiger partial charge in [-0.05, 0) is 43.0 Å². The van der Waals surface area contributed by atoms with E-state index in [1.807, 2.05) is 29.2 Å². The van der Waals surface area contributed by atoms with Gasteiger partial charge in [-0.1, -0.05) is 6.92 Å². The van der Waals surface area contributed by atoms with Crippen LogP contribution in [0.4, 0.5) is 0 Å². The van der Waals surface area contributed by atoms with Crippen molar-refractivity contribution in [2.45, 2.75) is 26.3 Å². The van der Waals surface area contributed by atoms with E-state index in [2.05, 4.69) is 11.9 Å². The molecule has 2 aromatic rings. The van der Waals surface area contributed by atoms with Crippen molar-refractivity contribution in [2.75, 3.05) is 20.2 Å². The summed E-state index contributed by atoms with van der Waals surface area (Å²) in [4.78, 5) is 30.9. The molecule has 3 rings (SSSR count). The number of methoxy groups -OCH3 is 1. The number of benzene rings is 1. The lowest BCUT2D eigenvalue weighted by molar-refractivity contribution is -0.133. The lowest BCUT2D eigenvalue weighted by Crippen LogP contribution is -2.42. The molecule has 132 valence electrons. The Kier molecular flexibility index (Phi) is 5.16. The standard InChI is InChI=1S/C19H23N3O3/c1-14-4-3-9-21(11-14)19(24)12-22-13-20-17(10-18(22)23)15-5-7-16(25-2)8-6-15/h5-8,10,13-14H,3-4,9,11-12H2,1-2H3/t14-/m1/s1. The van der Waals surface area contributed by atoms with Gasteiger partial charge in [-0.2, -0.15) is 0 Å². The van der Waals surface area contributed by atoms with E-state index in [0.717, 1.165) is 37.2 Å². The smallest absolute Gasteiger partial charge is 0.254 e. The highest BCUT2D eigenvalue weighted by molar-refractivity contribution is 5.76. The van der Waals surface area contributed by atoms with Crippen LogP contribution in [0, 0.1) is 5.92 Å². The fourth-order valence-electron chi connectivity index (χ4n) is 3.13. The predicted molar refractivity (Wildman–Crippen MR) is 95.5 cm³/mol. The Hall–Kier alpha value is -2.63. The molecule has 1 aromatic heterocycles. The number of nitrogens with zero attached hydrogens (tertiary/aromatic N) is 3. The maximum atomic E-state index is 12.4. The van der Waals surface area contributed by atoms with Crippen LogP contribution in [0.3, 0.4) is 0 Å². The molecule has 1 amide bonds. The van der Waals surface area contributed by atoms with Crippen molar-refractivity contribution in [1.29, 1.82) is 0 Å². The number of likely N-dealkylation sites (tertiary alicyclic amines) is 1. The van der Waals surface area contributed by atoms with Crippen LogP contribution in [0.5, 0.6) is 5.75 Å². The molecular weight excluding hydrogens is 318 g/mol. The Morgan fingerprint density at radius 1 is 1.32 bits per heavy atom.